The molecule has 5 nitrogen and oxygen atoms in total. The predicted molar refractivity (Wildman–Crippen MR) is 73.5 cm³/mol. The second-order valence-corrected chi connectivity index (χ2v) is 4.90. The lowest BCUT2D eigenvalue weighted by molar-refractivity contribution is -0.162. The number of fused-ring (bicyclic) bond motifs is 1. The predicted octanol–water partition coefficient (Wildman–Crippen LogP) is 1.39. The highest BCUT2D eigenvalue weighted by Gasteiger charge is 2.52. The van der Waals surface area contributed by atoms with Gasteiger partial charge in [-0.25, -0.2) is 4.79 Å². The summed E-state index contributed by atoms with van der Waals surface area (Å²) in [5, 5.41) is 20.9. The van der Waals surface area contributed by atoms with Gasteiger partial charge in [0, 0.05) is 18.7 Å². The number of benzene rings is 2. The zero-order valence-electron chi connectivity index (χ0n) is 10.6. The van der Waals surface area contributed by atoms with Gasteiger partial charge in [0.1, 0.15) is 0 Å². The van der Waals surface area contributed by atoms with Crippen molar-refractivity contribution in [3.8, 4) is 0 Å². The first-order valence-corrected chi connectivity index (χ1v) is 6.29. The van der Waals surface area contributed by atoms with E-state index in [4.69, 9.17) is 5.11 Å². The molecule has 3 rings (SSSR count). The molecule has 20 heavy (non-hydrogen) atoms. The van der Waals surface area contributed by atoms with Gasteiger partial charge in [-0.3, -0.25) is 4.79 Å². The molecule has 0 aliphatic carbocycles. The van der Waals surface area contributed by atoms with Gasteiger partial charge in [-0.1, -0.05) is 30.3 Å². The normalized spacial score (nSPS) is 22.4. The first-order valence-electron chi connectivity index (χ1n) is 6.29. The quantitative estimate of drug-likeness (QED) is 0.809. The van der Waals surface area contributed by atoms with Crippen molar-refractivity contribution in [2.45, 2.75) is 12.0 Å². The summed E-state index contributed by atoms with van der Waals surface area (Å²) in [4.78, 5) is 24.4. The van der Waals surface area contributed by atoms with Crippen LogP contribution in [0.15, 0.2) is 42.5 Å². The molecule has 2 N–H and O–H groups in total. The van der Waals surface area contributed by atoms with Crippen LogP contribution in [-0.4, -0.2) is 34.2 Å². The van der Waals surface area contributed by atoms with Gasteiger partial charge in [-0.05, 0) is 22.9 Å². The molecule has 1 aliphatic rings. The van der Waals surface area contributed by atoms with E-state index in [0.717, 1.165) is 10.8 Å². The van der Waals surface area contributed by atoms with Crippen molar-refractivity contribution < 1.29 is 19.8 Å². The Kier molecular flexibility index (Phi) is 2.72. The van der Waals surface area contributed by atoms with Crippen molar-refractivity contribution in [3.63, 3.8) is 0 Å². The van der Waals surface area contributed by atoms with E-state index in [-0.39, 0.29) is 13.0 Å². The second kappa shape index (κ2) is 4.31. The Morgan fingerprint density at radius 2 is 1.85 bits per heavy atom. The summed E-state index contributed by atoms with van der Waals surface area (Å²) in [5.41, 5.74) is -1.70. The Hall–Kier alpha value is -2.40. The highest BCUT2D eigenvalue weighted by molar-refractivity contribution is 6.14. The zero-order valence-corrected chi connectivity index (χ0v) is 10.6. The molecule has 0 aromatic heterocycles. The Morgan fingerprint density at radius 1 is 1.15 bits per heavy atom. The average Bonchev–Trinajstić information content (AvgIpc) is 2.76. The molecule has 5 heteroatoms. The van der Waals surface area contributed by atoms with Crippen molar-refractivity contribution in [1.29, 1.82) is 0 Å². The van der Waals surface area contributed by atoms with E-state index in [2.05, 4.69) is 0 Å². The van der Waals surface area contributed by atoms with Crippen LogP contribution in [0.3, 0.4) is 0 Å². The number of aliphatic hydroxyl groups is 1. The van der Waals surface area contributed by atoms with Crippen molar-refractivity contribution in [1.82, 2.24) is 0 Å². The van der Waals surface area contributed by atoms with Crippen LogP contribution in [0.5, 0.6) is 0 Å². The number of nitrogens with zero attached hydrogens (tertiary/aromatic N) is 1. The minimum Gasteiger partial charge on any atom is -0.479 e. The number of carboxylic acids is 1. The van der Waals surface area contributed by atoms with Crippen molar-refractivity contribution in [2.75, 3.05) is 11.4 Å². The fraction of sp³-hybridized carbons (Fsp3) is 0.200. The molecular formula is C15H13NO4. The first kappa shape index (κ1) is 12.6. The van der Waals surface area contributed by atoms with Gasteiger partial charge < -0.3 is 15.1 Å². The molecule has 1 unspecified atom stereocenters. The molecule has 1 heterocycles. The number of hydrogen-bond acceptors (Lipinski definition) is 3. The van der Waals surface area contributed by atoms with E-state index < -0.39 is 17.5 Å². The van der Waals surface area contributed by atoms with Crippen molar-refractivity contribution in [2.24, 2.45) is 0 Å². The molecule has 0 saturated carbocycles. The third-order valence-electron chi connectivity index (χ3n) is 3.69. The lowest BCUT2D eigenvalue weighted by atomic mass is 10.0. The van der Waals surface area contributed by atoms with Gasteiger partial charge >= 0.3 is 5.97 Å². The summed E-state index contributed by atoms with van der Waals surface area (Å²) in [7, 11) is 0. The number of hydrogen-bond donors (Lipinski definition) is 2. The van der Waals surface area contributed by atoms with E-state index in [1.54, 1.807) is 6.07 Å². The molecule has 0 spiro atoms. The molecule has 1 saturated heterocycles. The third-order valence-corrected chi connectivity index (χ3v) is 3.69. The molecule has 1 atom stereocenters. The maximum Gasteiger partial charge on any atom is 0.345 e. The molecule has 102 valence electrons. The molecule has 0 radical (unpaired) electrons. The van der Waals surface area contributed by atoms with E-state index in [9.17, 15) is 14.7 Å². The molecule has 1 fully saturated rings. The Labute approximate surface area is 115 Å². The summed E-state index contributed by atoms with van der Waals surface area (Å²) < 4.78 is 0. The van der Waals surface area contributed by atoms with Gasteiger partial charge in [-0.2, -0.15) is 0 Å². The number of carbonyl (C=O) groups is 2. The van der Waals surface area contributed by atoms with Crippen LogP contribution in [0.25, 0.3) is 10.8 Å². The number of anilines is 1. The van der Waals surface area contributed by atoms with Crippen molar-refractivity contribution >= 4 is 28.3 Å². The lowest BCUT2D eigenvalue weighted by Gasteiger charge is -2.19. The number of amides is 1. The number of carbonyl (C=O) groups excluding carboxylic acids is 1. The highest BCUT2D eigenvalue weighted by Crippen LogP contribution is 2.30. The minimum absolute atomic E-state index is 0.103. The van der Waals surface area contributed by atoms with Crippen LogP contribution >= 0.6 is 0 Å². The monoisotopic (exact) mass is 271 g/mol. The van der Waals surface area contributed by atoms with E-state index in [1.807, 2.05) is 36.4 Å². The van der Waals surface area contributed by atoms with Gasteiger partial charge in [0.05, 0.1) is 0 Å². The van der Waals surface area contributed by atoms with Gasteiger partial charge in [0.25, 0.3) is 5.91 Å². The maximum atomic E-state index is 12.1. The first-order chi connectivity index (χ1) is 9.52. The summed E-state index contributed by atoms with van der Waals surface area (Å²) in [5.74, 6) is -2.27. The SMILES string of the molecule is O=C(O)C1(O)CCN(c2ccc3ccccc3c2)C1=O. The fourth-order valence-corrected chi connectivity index (χ4v) is 2.49. The molecule has 2 aromatic rings. The van der Waals surface area contributed by atoms with Crippen LogP contribution in [0.1, 0.15) is 6.42 Å². The second-order valence-electron chi connectivity index (χ2n) is 4.90. The van der Waals surface area contributed by atoms with Crippen LogP contribution in [-0.2, 0) is 9.59 Å². The van der Waals surface area contributed by atoms with E-state index in [0.29, 0.717) is 5.69 Å². The van der Waals surface area contributed by atoms with Crippen LogP contribution in [0, 0.1) is 0 Å². The average molecular weight is 271 g/mol. The molecule has 1 aliphatic heterocycles. The lowest BCUT2D eigenvalue weighted by Crippen LogP contribution is -2.46. The largest absolute Gasteiger partial charge is 0.479 e. The maximum absolute atomic E-state index is 12.1. The summed E-state index contributed by atoms with van der Waals surface area (Å²) >= 11 is 0. The summed E-state index contributed by atoms with van der Waals surface area (Å²) in [6.07, 6.45) is -0.103. The Morgan fingerprint density at radius 3 is 2.50 bits per heavy atom. The highest BCUT2D eigenvalue weighted by atomic mass is 16.4. The minimum atomic E-state index is -2.30. The summed E-state index contributed by atoms with van der Waals surface area (Å²) in [6, 6.07) is 13.1. The summed E-state index contributed by atoms with van der Waals surface area (Å²) in [6.45, 7) is 0.194. The number of rotatable bonds is 2. The van der Waals surface area contributed by atoms with Crippen LogP contribution in [0.2, 0.25) is 0 Å². The molecule has 1 amide bonds. The standard InChI is InChI=1S/C15H13NO4/c17-13-15(20,14(18)19)7-8-16(13)12-6-5-10-3-1-2-4-11(10)9-12/h1-6,9,20H,7-8H2,(H,18,19). The smallest absolute Gasteiger partial charge is 0.345 e. The van der Waals surface area contributed by atoms with Crippen LogP contribution in [0.4, 0.5) is 5.69 Å². The fourth-order valence-electron chi connectivity index (χ4n) is 2.49. The van der Waals surface area contributed by atoms with E-state index >= 15 is 0 Å². The van der Waals surface area contributed by atoms with Gasteiger partial charge in [0.15, 0.2) is 0 Å². The number of carboxylic acid groups (broad SMARTS) is 1. The topological polar surface area (TPSA) is 77.8 Å². The van der Waals surface area contributed by atoms with E-state index in [1.165, 1.54) is 4.90 Å². The van der Waals surface area contributed by atoms with Crippen molar-refractivity contribution in [3.05, 3.63) is 42.5 Å². The van der Waals surface area contributed by atoms with Gasteiger partial charge in [-0.15, -0.1) is 0 Å². The molecule has 0 bridgehead atoms. The van der Waals surface area contributed by atoms with Gasteiger partial charge in [0.2, 0.25) is 5.60 Å². The molecular weight excluding hydrogens is 258 g/mol. The number of aliphatic carboxylic acids is 1. The molecule has 2 aromatic carbocycles. The Balaban J connectivity index is 2.00. The van der Waals surface area contributed by atoms with Crippen LogP contribution < -0.4 is 4.90 Å². The third kappa shape index (κ3) is 1.75. The zero-order chi connectivity index (χ0) is 14.3. The Bertz CT molecular complexity index is 712.